The van der Waals surface area contributed by atoms with Crippen molar-refractivity contribution >= 4 is 11.8 Å². The van der Waals surface area contributed by atoms with Gasteiger partial charge in [0.25, 0.3) is 0 Å². The highest BCUT2D eigenvalue weighted by Crippen LogP contribution is 2.07. The summed E-state index contributed by atoms with van der Waals surface area (Å²) in [7, 11) is 1.88. The second kappa shape index (κ2) is 3.87. The minimum Gasteiger partial charge on any atom is -0.383 e. The van der Waals surface area contributed by atoms with Gasteiger partial charge in [-0.3, -0.25) is 0 Å². The highest BCUT2D eigenvalue weighted by atomic mass is 15.0. The number of likely N-dealkylation sites (N-methyl/N-ethyl adjacent to an activating group) is 1. The number of nitrogens with two attached hydrogens (primary N) is 2. The third-order valence-electron chi connectivity index (χ3n) is 1.56. The number of nitrogen functional groups attached to an aromatic ring is 2. The van der Waals surface area contributed by atoms with Gasteiger partial charge in [-0.05, 0) is 20.0 Å². The molecule has 5 heteroatoms. The lowest BCUT2D eigenvalue weighted by Crippen LogP contribution is -2.12. The summed E-state index contributed by atoms with van der Waals surface area (Å²) in [4.78, 5) is 7.69. The van der Waals surface area contributed by atoms with Gasteiger partial charge in [0.15, 0.2) is 0 Å². The van der Waals surface area contributed by atoms with Crippen molar-refractivity contribution in [3.63, 3.8) is 0 Å². The molecule has 1 aromatic rings. The topological polar surface area (TPSA) is 89.8 Å². The third kappa shape index (κ3) is 2.06. The lowest BCUT2D eigenvalue weighted by atomic mass is 10.2. The first-order valence-corrected chi connectivity index (χ1v) is 3.75. The minimum atomic E-state index is 0.223. The average molecular weight is 167 g/mol. The summed E-state index contributed by atoms with van der Waals surface area (Å²) >= 11 is 0. The van der Waals surface area contributed by atoms with Gasteiger partial charge in [0.05, 0.1) is 0 Å². The number of aromatic nitrogens is 2. The zero-order valence-corrected chi connectivity index (χ0v) is 7.04. The highest BCUT2D eigenvalue weighted by Gasteiger charge is 2.00. The Bertz CT molecular complexity index is 260. The second-order valence-electron chi connectivity index (χ2n) is 2.49. The van der Waals surface area contributed by atoms with Crippen molar-refractivity contribution in [2.75, 3.05) is 25.1 Å². The first kappa shape index (κ1) is 8.73. The summed E-state index contributed by atoms with van der Waals surface area (Å²) in [5.41, 5.74) is 11.9. The second-order valence-corrected chi connectivity index (χ2v) is 2.49. The predicted molar refractivity (Wildman–Crippen MR) is 48.5 cm³/mol. The molecule has 5 N–H and O–H groups in total. The van der Waals surface area contributed by atoms with Crippen LogP contribution in [0.3, 0.4) is 0 Å². The van der Waals surface area contributed by atoms with Crippen molar-refractivity contribution in [1.82, 2.24) is 15.3 Å². The lowest BCUT2D eigenvalue weighted by Gasteiger charge is -2.03. The van der Waals surface area contributed by atoms with Crippen molar-refractivity contribution in [2.45, 2.75) is 6.42 Å². The molecule has 1 heterocycles. The van der Waals surface area contributed by atoms with Crippen LogP contribution in [0.5, 0.6) is 0 Å². The van der Waals surface area contributed by atoms with E-state index >= 15 is 0 Å². The molecule has 0 aliphatic heterocycles. The van der Waals surface area contributed by atoms with Crippen molar-refractivity contribution in [1.29, 1.82) is 0 Å². The van der Waals surface area contributed by atoms with Gasteiger partial charge in [0, 0.05) is 11.8 Å². The Morgan fingerprint density at radius 3 is 2.83 bits per heavy atom. The molecular formula is C7H13N5. The molecule has 0 aliphatic rings. The fourth-order valence-electron chi connectivity index (χ4n) is 0.887. The van der Waals surface area contributed by atoms with Gasteiger partial charge in [0.2, 0.25) is 5.95 Å². The number of nitrogens with zero attached hydrogens (tertiary/aromatic N) is 2. The predicted octanol–water partition coefficient (Wildman–Crippen LogP) is -0.597. The normalized spacial score (nSPS) is 10.1. The number of anilines is 2. The Morgan fingerprint density at radius 2 is 2.25 bits per heavy atom. The zero-order chi connectivity index (χ0) is 8.97. The van der Waals surface area contributed by atoms with Gasteiger partial charge in [0.1, 0.15) is 5.82 Å². The largest absolute Gasteiger partial charge is 0.383 e. The molecule has 0 bridgehead atoms. The summed E-state index contributed by atoms with van der Waals surface area (Å²) in [5, 5.41) is 3.02. The van der Waals surface area contributed by atoms with Gasteiger partial charge in [-0.2, -0.15) is 4.98 Å². The quantitative estimate of drug-likeness (QED) is 0.559. The Labute approximate surface area is 71.2 Å². The van der Waals surface area contributed by atoms with Crippen molar-refractivity contribution in [3.8, 4) is 0 Å². The van der Waals surface area contributed by atoms with E-state index in [1.165, 1.54) is 0 Å². The van der Waals surface area contributed by atoms with Crippen LogP contribution in [0, 0.1) is 0 Å². The number of rotatable bonds is 3. The SMILES string of the molecule is CNCCc1cnc(N)nc1N. The molecule has 0 saturated heterocycles. The smallest absolute Gasteiger partial charge is 0.221 e. The van der Waals surface area contributed by atoms with Crippen LogP contribution in [0.2, 0.25) is 0 Å². The van der Waals surface area contributed by atoms with E-state index in [0.29, 0.717) is 5.82 Å². The Kier molecular flexibility index (Phi) is 2.82. The molecule has 0 saturated carbocycles. The van der Waals surface area contributed by atoms with Crippen LogP contribution >= 0.6 is 0 Å². The van der Waals surface area contributed by atoms with Gasteiger partial charge in [-0.1, -0.05) is 0 Å². The number of hydrogen-bond acceptors (Lipinski definition) is 5. The maximum atomic E-state index is 5.60. The molecule has 0 atom stereocenters. The molecule has 1 aromatic heterocycles. The maximum absolute atomic E-state index is 5.60. The molecule has 1 rings (SSSR count). The van der Waals surface area contributed by atoms with Gasteiger partial charge >= 0.3 is 0 Å². The van der Waals surface area contributed by atoms with E-state index in [-0.39, 0.29) is 5.95 Å². The summed E-state index contributed by atoms with van der Waals surface area (Å²) in [5.74, 6) is 0.693. The minimum absolute atomic E-state index is 0.223. The molecular weight excluding hydrogens is 154 g/mol. The van der Waals surface area contributed by atoms with Crippen molar-refractivity contribution < 1.29 is 0 Å². The number of hydrogen-bond donors (Lipinski definition) is 3. The average Bonchev–Trinajstić information content (AvgIpc) is 2.03. The molecule has 0 amide bonds. The third-order valence-corrected chi connectivity index (χ3v) is 1.56. The molecule has 0 aliphatic carbocycles. The fraction of sp³-hybridized carbons (Fsp3) is 0.429. The summed E-state index contributed by atoms with van der Waals surface area (Å²) in [6.07, 6.45) is 2.48. The Balaban J connectivity index is 2.72. The lowest BCUT2D eigenvalue weighted by molar-refractivity contribution is 0.788. The van der Waals surface area contributed by atoms with E-state index in [0.717, 1.165) is 18.5 Å². The molecule has 0 unspecified atom stereocenters. The maximum Gasteiger partial charge on any atom is 0.221 e. The van der Waals surface area contributed by atoms with Crippen LogP contribution in [0.25, 0.3) is 0 Å². The van der Waals surface area contributed by atoms with Gasteiger partial charge < -0.3 is 16.8 Å². The van der Waals surface area contributed by atoms with Crippen LogP contribution in [0.1, 0.15) is 5.56 Å². The van der Waals surface area contributed by atoms with E-state index in [2.05, 4.69) is 15.3 Å². The number of nitrogens with one attached hydrogen (secondary N) is 1. The van der Waals surface area contributed by atoms with Crippen molar-refractivity contribution in [3.05, 3.63) is 11.8 Å². The Hall–Kier alpha value is -1.36. The van der Waals surface area contributed by atoms with Gasteiger partial charge in [-0.25, -0.2) is 4.98 Å². The standard InChI is InChI=1S/C7H13N5/c1-10-3-2-5-4-11-7(9)12-6(5)8/h4,10H,2-3H2,1H3,(H4,8,9,11,12). The van der Waals surface area contributed by atoms with E-state index in [4.69, 9.17) is 11.5 Å². The van der Waals surface area contributed by atoms with E-state index < -0.39 is 0 Å². The van der Waals surface area contributed by atoms with E-state index in [9.17, 15) is 0 Å². The first-order valence-electron chi connectivity index (χ1n) is 3.75. The monoisotopic (exact) mass is 167 g/mol. The molecule has 0 spiro atoms. The molecule has 5 nitrogen and oxygen atoms in total. The molecule has 0 aromatic carbocycles. The van der Waals surface area contributed by atoms with Crippen LogP contribution < -0.4 is 16.8 Å². The molecule has 0 fully saturated rings. The zero-order valence-electron chi connectivity index (χ0n) is 7.04. The molecule has 12 heavy (non-hydrogen) atoms. The van der Waals surface area contributed by atoms with Crippen molar-refractivity contribution in [2.24, 2.45) is 0 Å². The highest BCUT2D eigenvalue weighted by molar-refractivity contribution is 5.41. The summed E-state index contributed by atoms with van der Waals surface area (Å²) < 4.78 is 0. The fourth-order valence-corrected chi connectivity index (χ4v) is 0.887. The van der Waals surface area contributed by atoms with E-state index in [1.807, 2.05) is 7.05 Å². The van der Waals surface area contributed by atoms with Crippen LogP contribution in [-0.4, -0.2) is 23.6 Å². The Morgan fingerprint density at radius 1 is 1.50 bits per heavy atom. The van der Waals surface area contributed by atoms with Crippen LogP contribution in [-0.2, 0) is 6.42 Å². The van der Waals surface area contributed by atoms with Crippen LogP contribution in [0.15, 0.2) is 6.20 Å². The summed E-state index contributed by atoms with van der Waals surface area (Å²) in [6, 6.07) is 0. The van der Waals surface area contributed by atoms with Gasteiger partial charge in [-0.15, -0.1) is 0 Å². The van der Waals surface area contributed by atoms with Crippen LogP contribution in [0.4, 0.5) is 11.8 Å². The molecule has 66 valence electrons. The first-order chi connectivity index (χ1) is 5.74. The van der Waals surface area contributed by atoms with E-state index in [1.54, 1.807) is 6.20 Å². The summed E-state index contributed by atoms with van der Waals surface area (Å²) in [6.45, 7) is 0.859. The molecule has 0 radical (unpaired) electrons.